The number of furan rings is 3. The highest BCUT2D eigenvalue weighted by Crippen LogP contribution is 2.55. The summed E-state index contributed by atoms with van der Waals surface area (Å²) in [5.41, 5.74) is 21.2. The van der Waals surface area contributed by atoms with E-state index < -0.39 is 0 Å². The maximum atomic E-state index is 6.29. The summed E-state index contributed by atoms with van der Waals surface area (Å²) in [6, 6.07) is 159. The van der Waals surface area contributed by atoms with Gasteiger partial charge in [0, 0.05) is 92.3 Å². The van der Waals surface area contributed by atoms with Crippen LogP contribution in [0.25, 0.3) is 194 Å². The van der Waals surface area contributed by atoms with Gasteiger partial charge in [0.15, 0.2) is 0 Å². The first-order valence-electron chi connectivity index (χ1n) is 44.6. The van der Waals surface area contributed by atoms with Crippen LogP contribution in [0.3, 0.4) is 0 Å². The van der Waals surface area contributed by atoms with Crippen molar-refractivity contribution in [3.05, 3.63) is 454 Å². The quantitative estimate of drug-likeness (QED) is 0.134. The monoisotopic (exact) mass is 1680 g/mol. The number of hydrogen-bond acceptors (Lipinski definition) is 7. The number of thiophene rings is 1. The molecule has 28 rings (SSSR count). The molecule has 0 saturated carbocycles. The minimum atomic E-state index is -0.0390. The van der Waals surface area contributed by atoms with Crippen LogP contribution < -0.4 is 14.7 Å². The highest BCUT2D eigenvalue weighted by atomic mass is 32.1. The Labute approximate surface area is 752 Å². The SMILES string of the molecule is CC1(C)c2ccccc2-c2ccc3c(ccc4ccc5cc(N(c6ccccc6)c6ccccc6)ccc5c43)c21.c1ccc(N(c2ccc3c(ccc4ccc5c(ccc6oc7ccccc7c65)c43)c2)c2cccc3oc4ccccc4c23)cc1.c1ccc(N(c2ccc3c(ccc4ccc5c(ccc6oc7ccccc7c65)c43)c2)c2cccc3sc4ccccc4c23)cc1. The Kier molecular flexibility index (Phi) is 17.1. The van der Waals surface area contributed by atoms with Crippen LogP contribution in [0.1, 0.15) is 25.0 Å². The summed E-state index contributed by atoms with van der Waals surface area (Å²) in [4.78, 5) is 7.09. The van der Waals surface area contributed by atoms with Crippen LogP contribution in [0.15, 0.2) is 456 Å². The second kappa shape index (κ2) is 29.8. The first-order valence-corrected chi connectivity index (χ1v) is 45.4. The van der Waals surface area contributed by atoms with Gasteiger partial charge >= 0.3 is 0 Å². The zero-order valence-corrected chi connectivity index (χ0v) is 71.9. The summed E-state index contributed by atoms with van der Waals surface area (Å²) in [6.45, 7) is 4.75. The summed E-state index contributed by atoms with van der Waals surface area (Å²) in [5.74, 6) is 0. The van der Waals surface area contributed by atoms with E-state index in [4.69, 9.17) is 13.3 Å². The van der Waals surface area contributed by atoms with Crippen LogP contribution in [0, 0.1) is 0 Å². The van der Waals surface area contributed by atoms with Gasteiger partial charge in [0.1, 0.15) is 33.5 Å². The maximum Gasteiger partial charge on any atom is 0.137 e. The number of fused-ring (bicyclic) bond motifs is 33. The van der Waals surface area contributed by atoms with Crippen LogP contribution in [0.5, 0.6) is 0 Å². The minimum absolute atomic E-state index is 0.0390. The van der Waals surface area contributed by atoms with Crippen molar-refractivity contribution in [2.24, 2.45) is 0 Å². The van der Waals surface area contributed by atoms with Crippen molar-refractivity contribution < 1.29 is 13.3 Å². The molecule has 0 atom stereocenters. The second-order valence-corrected chi connectivity index (χ2v) is 35.9. The Balaban J connectivity index is 0.000000103. The lowest BCUT2D eigenvalue weighted by Crippen LogP contribution is -2.15. The van der Waals surface area contributed by atoms with Crippen molar-refractivity contribution in [3.8, 4) is 11.1 Å². The first kappa shape index (κ1) is 74.8. The highest BCUT2D eigenvalue weighted by Gasteiger charge is 2.37. The largest absolute Gasteiger partial charge is 0.456 e. The molecule has 6 nitrogen and oxygen atoms in total. The van der Waals surface area contributed by atoms with Crippen LogP contribution >= 0.6 is 11.3 Å². The molecule has 610 valence electrons. The summed E-state index contributed by atoms with van der Waals surface area (Å²) >= 11 is 1.86. The maximum absolute atomic E-state index is 6.29. The Bertz CT molecular complexity index is 8890. The average Bonchev–Trinajstić information content (AvgIpc) is 1.50. The van der Waals surface area contributed by atoms with Crippen molar-refractivity contribution in [2.75, 3.05) is 14.7 Å². The molecule has 0 fully saturated rings. The zero-order chi connectivity index (χ0) is 85.8. The Morgan fingerprint density at radius 3 is 1.02 bits per heavy atom. The molecule has 0 unspecified atom stereocenters. The van der Waals surface area contributed by atoms with Crippen molar-refractivity contribution in [3.63, 3.8) is 0 Å². The molecule has 1 aliphatic carbocycles. The molecule has 0 spiro atoms. The summed E-state index contributed by atoms with van der Waals surface area (Å²) in [7, 11) is 0. The van der Waals surface area contributed by atoms with E-state index in [0.717, 1.165) is 101 Å². The number of nitrogens with zero attached hydrogens (tertiary/aromatic N) is 3. The van der Waals surface area contributed by atoms with E-state index in [9.17, 15) is 0 Å². The number of benzene rings is 23. The lowest BCUT2D eigenvalue weighted by molar-refractivity contribution is 0.666. The predicted octanol–water partition coefficient (Wildman–Crippen LogP) is 36.2. The zero-order valence-electron chi connectivity index (χ0n) is 71.1. The molecule has 0 N–H and O–H groups in total. The third kappa shape index (κ3) is 11.9. The van der Waals surface area contributed by atoms with E-state index in [2.05, 4.69) is 441 Å². The third-order valence-corrected chi connectivity index (χ3v) is 28.3. The molecule has 0 aliphatic heterocycles. The smallest absolute Gasteiger partial charge is 0.137 e. The topological polar surface area (TPSA) is 49.1 Å². The van der Waals surface area contributed by atoms with Crippen molar-refractivity contribution >= 4 is 245 Å². The molecule has 0 saturated heterocycles. The van der Waals surface area contributed by atoms with Gasteiger partial charge in [0.25, 0.3) is 0 Å². The molecule has 4 heterocycles. The molecule has 0 amide bonds. The number of rotatable bonds is 9. The number of para-hydroxylation sites is 7. The highest BCUT2D eigenvalue weighted by molar-refractivity contribution is 7.26. The van der Waals surface area contributed by atoms with Crippen molar-refractivity contribution in [1.29, 1.82) is 0 Å². The fraction of sp³-hybridized carbons (Fsp3) is 0.0244. The fourth-order valence-electron chi connectivity index (χ4n) is 21.5. The molecule has 1 aliphatic rings. The van der Waals surface area contributed by atoms with Crippen molar-refractivity contribution in [1.82, 2.24) is 0 Å². The molecule has 4 aromatic heterocycles. The fourth-order valence-corrected chi connectivity index (χ4v) is 22.7. The van der Waals surface area contributed by atoms with Gasteiger partial charge in [-0.05, 0) is 277 Å². The van der Waals surface area contributed by atoms with Gasteiger partial charge in [0.2, 0.25) is 0 Å². The van der Waals surface area contributed by atoms with Gasteiger partial charge in [-0.2, -0.15) is 0 Å². The van der Waals surface area contributed by atoms with Crippen LogP contribution in [0.4, 0.5) is 51.2 Å². The molecule has 0 radical (unpaired) electrons. The standard InChI is InChI=1S/C42H25NO2.C42H25NOS.C39H29N/c1-2-9-28(10-3-1)43(35-13-8-16-38-42(35)34-12-5-7-15-37(34)44-38)29-20-22-30-27(25-29)18-17-26-19-21-32-31(40(26)30)23-24-39-41(32)33-11-4-6-14-36(33)45-39;1-2-9-28(10-3-1)43(35-13-8-16-39-42(35)34-12-5-7-15-38(34)45-39)29-20-22-30-27(25-29)18-17-26-19-21-32-31(40(26)30)23-24-37-41(32)33-11-4-6-14-36(33)44-37;1-39(2)36-16-10-9-15-32(36)34-24-23-33-35(38(34)39)21-19-26-17-18-27-25-30(20-22-31(27)37(26)33)40(28-11-5-3-6-12-28)29-13-7-4-8-14-29/h2*1-25H;3-25H,1-2H3. The summed E-state index contributed by atoms with van der Waals surface area (Å²) in [5, 5.41) is 32.2. The minimum Gasteiger partial charge on any atom is -0.456 e. The van der Waals surface area contributed by atoms with Crippen LogP contribution in [-0.4, -0.2) is 0 Å². The van der Waals surface area contributed by atoms with Gasteiger partial charge in [0.05, 0.1) is 16.8 Å². The molecular formula is C123H79N3O3S. The van der Waals surface area contributed by atoms with Crippen LogP contribution in [-0.2, 0) is 5.41 Å². The molecule has 130 heavy (non-hydrogen) atoms. The normalized spacial score (nSPS) is 12.4. The van der Waals surface area contributed by atoms with E-state index in [1.807, 2.05) is 41.7 Å². The summed E-state index contributed by atoms with van der Waals surface area (Å²) < 4.78 is 21.4. The lowest BCUT2D eigenvalue weighted by Gasteiger charge is -2.27. The molecule has 27 aromatic rings. The van der Waals surface area contributed by atoms with E-state index in [-0.39, 0.29) is 5.41 Å². The molecule has 23 aromatic carbocycles. The van der Waals surface area contributed by atoms with E-state index in [1.165, 1.54) is 156 Å². The molecule has 0 bridgehead atoms. The second-order valence-electron chi connectivity index (χ2n) is 34.8. The van der Waals surface area contributed by atoms with E-state index >= 15 is 0 Å². The van der Waals surface area contributed by atoms with Crippen molar-refractivity contribution in [2.45, 2.75) is 19.3 Å². The average molecular weight is 1680 g/mol. The van der Waals surface area contributed by atoms with E-state index in [1.54, 1.807) is 0 Å². The molecule has 7 heteroatoms. The Morgan fingerprint density at radius 1 is 0.192 bits per heavy atom. The molecular weight excluding hydrogens is 1600 g/mol. The number of anilines is 9. The number of hydrogen-bond donors (Lipinski definition) is 0. The Hall–Kier alpha value is -16.6. The van der Waals surface area contributed by atoms with Crippen LogP contribution in [0.2, 0.25) is 0 Å². The van der Waals surface area contributed by atoms with Gasteiger partial charge in [-0.15, -0.1) is 11.3 Å². The van der Waals surface area contributed by atoms with Gasteiger partial charge in [-0.1, -0.05) is 299 Å². The first-order chi connectivity index (χ1) is 64.2. The van der Waals surface area contributed by atoms with Gasteiger partial charge in [-0.25, -0.2) is 0 Å². The van der Waals surface area contributed by atoms with Gasteiger partial charge < -0.3 is 28.0 Å². The summed E-state index contributed by atoms with van der Waals surface area (Å²) in [6.07, 6.45) is 0. The Morgan fingerprint density at radius 2 is 0.523 bits per heavy atom. The third-order valence-electron chi connectivity index (χ3n) is 27.2. The van der Waals surface area contributed by atoms with Gasteiger partial charge in [-0.3, -0.25) is 0 Å². The van der Waals surface area contributed by atoms with E-state index in [0.29, 0.717) is 0 Å². The predicted molar refractivity (Wildman–Crippen MR) is 553 cm³/mol. The lowest BCUT2D eigenvalue weighted by atomic mass is 9.79.